The molecule has 1 amide bonds. The molecule has 1 heterocycles. The van der Waals surface area contributed by atoms with Crippen LogP contribution in [0.2, 0.25) is 10.2 Å². The van der Waals surface area contributed by atoms with Crippen molar-refractivity contribution in [2.75, 3.05) is 6.61 Å². The van der Waals surface area contributed by atoms with Crippen LogP contribution >= 0.6 is 23.2 Å². The van der Waals surface area contributed by atoms with E-state index in [1.54, 1.807) is 0 Å². The van der Waals surface area contributed by atoms with E-state index in [9.17, 15) is 17.2 Å². The molecule has 0 radical (unpaired) electrons. The summed E-state index contributed by atoms with van der Waals surface area (Å²) in [6, 6.07) is 5.51. The van der Waals surface area contributed by atoms with E-state index in [0.717, 1.165) is 6.33 Å². The van der Waals surface area contributed by atoms with Gasteiger partial charge in [-0.25, -0.2) is 13.4 Å². The lowest BCUT2D eigenvalue weighted by Gasteiger charge is -2.11. The molecule has 0 spiro atoms. The second-order valence-electron chi connectivity index (χ2n) is 4.78. The summed E-state index contributed by atoms with van der Waals surface area (Å²) in [6.07, 6.45) is -1.87. The van der Waals surface area contributed by atoms with Crippen molar-refractivity contribution in [1.82, 2.24) is 9.55 Å². The minimum absolute atomic E-state index is 0.0228. The van der Waals surface area contributed by atoms with Gasteiger partial charge in [-0.15, -0.1) is 0 Å². The average Bonchev–Trinajstić information content (AvgIpc) is 2.89. The number of rotatable bonds is 6. The standard InChI is InChI=1S/C13H12Cl2F2N2O3S.CH3NO/c1-13(16,17)22-7-6-19-8-18-12(11(19)15)23(20,21)10-4-2-9(14)3-5-10;2-1-3/h2-5,8H,6-7H2,1H3;1H,(H2,2,3). The molecule has 2 N–H and O–H groups in total. The van der Waals surface area contributed by atoms with E-state index in [4.69, 9.17) is 28.0 Å². The largest absolute Gasteiger partial charge is 0.372 e. The van der Waals surface area contributed by atoms with Gasteiger partial charge in [-0.1, -0.05) is 23.2 Å². The van der Waals surface area contributed by atoms with E-state index in [1.165, 1.54) is 28.8 Å². The molecule has 12 heteroatoms. The lowest BCUT2D eigenvalue weighted by Crippen LogP contribution is -2.18. The summed E-state index contributed by atoms with van der Waals surface area (Å²) in [5, 5.41) is -0.147. The molecule has 0 fully saturated rings. The van der Waals surface area contributed by atoms with Gasteiger partial charge in [0.05, 0.1) is 17.8 Å². The van der Waals surface area contributed by atoms with Crippen LogP contribution in [0.5, 0.6) is 0 Å². The molecule has 2 aromatic rings. The Balaban J connectivity index is 0.00000105. The number of nitrogens with zero attached hydrogens (tertiary/aromatic N) is 2. The SMILES string of the molecule is CC(F)(F)OCCn1cnc(S(=O)(=O)c2ccc(Cl)cc2)c1Cl.NC=O. The van der Waals surface area contributed by atoms with Gasteiger partial charge in [-0.3, -0.25) is 4.79 Å². The van der Waals surface area contributed by atoms with Crippen LogP contribution in [0.15, 0.2) is 40.5 Å². The number of benzene rings is 1. The first-order valence-corrected chi connectivity index (χ1v) is 9.15. The Bertz CT molecular complexity index is 837. The average molecular weight is 430 g/mol. The number of sulfone groups is 1. The number of hydrogen-bond acceptors (Lipinski definition) is 5. The number of alkyl halides is 2. The van der Waals surface area contributed by atoms with Crippen molar-refractivity contribution < 1.29 is 26.7 Å². The molecule has 2 rings (SSSR count). The molecule has 0 aliphatic heterocycles. The number of nitrogens with two attached hydrogens (primary N) is 1. The maximum Gasteiger partial charge on any atom is 0.352 e. The van der Waals surface area contributed by atoms with Crippen molar-refractivity contribution in [2.24, 2.45) is 5.73 Å². The van der Waals surface area contributed by atoms with Crippen molar-refractivity contribution >= 4 is 39.4 Å². The second-order valence-corrected chi connectivity index (χ2v) is 7.44. The molecule has 0 aliphatic rings. The predicted octanol–water partition coefficient (Wildman–Crippen LogP) is 2.75. The van der Waals surface area contributed by atoms with Gasteiger partial charge in [0.2, 0.25) is 16.2 Å². The molecule has 0 bridgehead atoms. The normalized spacial score (nSPS) is 11.6. The number of hydrogen-bond donors (Lipinski definition) is 1. The molecule has 1 aromatic carbocycles. The maximum atomic E-state index is 12.6. The van der Waals surface area contributed by atoms with Crippen molar-refractivity contribution in [3.8, 4) is 0 Å². The van der Waals surface area contributed by atoms with Gasteiger partial charge >= 0.3 is 6.11 Å². The first-order chi connectivity index (χ1) is 12.0. The Morgan fingerprint density at radius 3 is 2.35 bits per heavy atom. The Labute approximate surface area is 158 Å². The van der Waals surface area contributed by atoms with Crippen molar-refractivity contribution in [3.63, 3.8) is 0 Å². The zero-order valence-electron chi connectivity index (χ0n) is 13.4. The number of carbonyl (C=O) groups excluding carboxylic acids is 1. The number of amides is 1. The zero-order chi connectivity index (χ0) is 20.0. The molecule has 0 atom stereocenters. The zero-order valence-corrected chi connectivity index (χ0v) is 15.7. The highest BCUT2D eigenvalue weighted by Gasteiger charge is 2.26. The summed E-state index contributed by atoms with van der Waals surface area (Å²) in [4.78, 5) is 12.3. The van der Waals surface area contributed by atoms with Crippen LogP contribution in [0.25, 0.3) is 0 Å². The van der Waals surface area contributed by atoms with Crippen LogP contribution in [0, 0.1) is 0 Å². The highest BCUT2D eigenvalue weighted by Crippen LogP contribution is 2.27. The fourth-order valence-corrected chi connectivity index (χ4v) is 3.58. The minimum atomic E-state index is -3.93. The van der Waals surface area contributed by atoms with Crippen LogP contribution in [0.1, 0.15) is 6.92 Å². The van der Waals surface area contributed by atoms with Gasteiger partial charge in [0.15, 0.2) is 5.03 Å². The Hall–Kier alpha value is -1.75. The Kier molecular flexibility index (Phi) is 7.94. The van der Waals surface area contributed by atoms with E-state index in [-0.39, 0.29) is 34.6 Å². The van der Waals surface area contributed by atoms with E-state index >= 15 is 0 Å². The monoisotopic (exact) mass is 429 g/mol. The number of imidazole rings is 1. The summed E-state index contributed by atoms with van der Waals surface area (Å²) < 4.78 is 55.6. The number of primary amides is 1. The molecular formula is C14H15Cl2F2N3O4S. The predicted molar refractivity (Wildman–Crippen MR) is 91.0 cm³/mol. The van der Waals surface area contributed by atoms with E-state index in [0.29, 0.717) is 11.9 Å². The third-order valence-corrected chi connectivity index (χ3v) is 5.27. The minimum Gasteiger partial charge on any atom is -0.372 e. The van der Waals surface area contributed by atoms with Gasteiger partial charge in [0.1, 0.15) is 5.15 Å². The van der Waals surface area contributed by atoms with E-state index in [2.05, 4.69) is 15.5 Å². The van der Waals surface area contributed by atoms with Gasteiger partial charge < -0.3 is 15.0 Å². The van der Waals surface area contributed by atoms with Crippen molar-refractivity contribution in [1.29, 1.82) is 0 Å². The fraction of sp³-hybridized carbons (Fsp3) is 0.286. The third kappa shape index (κ3) is 6.20. The highest BCUT2D eigenvalue weighted by atomic mass is 35.5. The van der Waals surface area contributed by atoms with Crippen molar-refractivity contribution in [2.45, 2.75) is 29.5 Å². The first kappa shape index (κ1) is 22.3. The first-order valence-electron chi connectivity index (χ1n) is 6.91. The van der Waals surface area contributed by atoms with E-state index in [1.807, 2.05) is 0 Å². The maximum absolute atomic E-state index is 12.6. The van der Waals surface area contributed by atoms with Crippen LogP contribution in [-0.2, 0) is 25.9 Å². The van der Waals surface area contributed by atoms with Gasteiger partial charge in [-0.05, 0) is 24.3 Å². The van der Waals surface area contributed by atoms with Crippen LogP contribution in [-0.4, -0.2) is 37.1 Å². The number of halogens is 4. The quantitative estimate of drug-likeness (QED) is 0.710. The molecule has 0 saturated heterocycles. The van der Waals surface area contributed by atoms with Crippen molar-refractivity contribution in [3.05, 3.63) is 40.8 Å². The summed E-state index contributed by atoms with van der Waals surface area (Å²) in [5.41, 5.74) is 4.17. The smallest absolute Gasteiger partial charge is 0.352 e. The second kappa shape index (κ2) is 9.26. The molecule has 1 aromatic heterocycles. The third-order valence-electron chi connectivity index (χ3n) is 2.81. The molecule has 7 nitrogen and oxygen atoms in total. The summed E-state index contributed by atoms with van der Waals surface area (Å²) in [7, 11) is -3.93. The number of carbonyl (C=O) groups is 1. The highest BCUT2D eigenvalue weighted by molar-refractivity contribution is 7.91. The Morgan fingerprint density at radius 1 is 1.31 bits per heavy atom. The topological polar surface area (TPSA) is 104 Å². The van der Waals surface area contributed by atoms with Crippen LogP contribution in [0.3, 0.4) is 0 Å². The molecule has 26 heavy (non-hydrogen) atoms. The van der Waals surface area contributed by atoms with Gasteiger partial charge in [-0.2, -0.15) is 8.78 Å². The molecule has 0 aliphatic carbocycles. The van der Waals surface area contributed by atoms with Gasteiger partial charge in [0.25, 0.3) is 0 Å². The lowest BCUT2D eigenvalue weighted by molar-refractivity contribution is -0.225. The number of ether oxygens (including phenoxy) is 1. The van der Waals surface area contributed by atoms with Crippen LogP contribution < -0.4 is 5.73 Å². The summed E-state index contributed by atoms with van der Waals surface area (Å²) in [6.45, 7) is 0.199. The van der Waals surface area contributed by atoms with Crippen LogP contribution in [0.4, 0.5) is 8.78 Å². The molecule has 144 valence electrons. The fourth-order valence-electron chi connectivity index (χ4n) is 1.73. The van der Waals surface area contributed by atoms with Gasteiger partial charge in [0, 0.05) is 18.5 Å². The molecule has 0 saturated carbocycles. The summed E-state index contributed by atoms with van der Waals surface area (Å²) in [5.74, 6) is 0. The number of aromatic nitrogens is 2. The summed E-state index contributed by atoms with van der Waals surface area (Å²) >= 11 is 11.7. The molecular weight excluding hydrogens is 415 g/mol. The Morgan fingerprint density at radius 2 is 1.85 bits per heavy atom. The molecule has 0 unspecified atom stereocenters. The van der Waals surface area contributed by atoms with E-state index < -0.39 is 15.9 Å². The lowest BCUT2D eigenvalue weighted by atomic mass is 10.4.